The Bertz CT molecular complexity index is 523. The second kappa shape index (κ2) is 5.64. The smallest absolute Gasteiger partial charge is 0.253 e. The third-order valence-electron chi connectivity index (χ3n) is 3.53. The van der Waals surface area contributed by atoms with E-state index in [-0.39, 0.29) is 11.3 Å². The molecule has 1 fully saturated rings. The highest BCUT2D eigenvalue weighted by Gasteiger charge is 2.32. The summed E-state index contributed by atoms with van der Waals surface area (Å²) in [4.78, 5) is 14.2. The number of nitrogens with zero attached hydrogens (tertiary/aromatic N) is 2. The number of nitriles is 1. The van der Waals surface area contributed by atoms with Crippen LogP contribution in [0.2, 0.25) is 0 Å². The molecule has 2 rings (SSSR count). The van der Waals surface area contributed by atoms with Gasteiger partial charge in [0.25, 0.3) is 5.91 Å². The summed E-state index contributed by atoms with van der Waals surface area (Å²) in [5.41, 5.74) is 0.385. The van der Waals surface area contributed by atoms with Gasteiger partial charge in [-0.3, -0.25) is 4.79 Å². The predicted octanol–water partition coefficient (Wildman–Crippen LogP) is 3.98. The van der Waals surface area contributed by atoms with Crippen LogP contribution >= 0.6 is 31.9 Å². The number of rotatable bonds is 1. The Kier molecular flexibility index (Phi) is 4.32. The molecule has 0 aliphatic carbocycles. The molecule has 0 aromatic heterocycles. The normalized spacial score (nSPS) is 17.9. The van der Waals surface area contributed by atoms with Gasteiger partial charge in [-0.15, -0.1) is 0 Å². The Labute approximate surface area is 129 Å². The highest BCUT2D eigenvalue weighted by Crippen LogP contribution is 2.31. The van der Waals surface area contributed by atoms with Gasteiger partial charge < -0.3 is 4.90 Å². The number of halogens is 2. The molecular weight excluding hydrogens is 372 g/mol. The molecule has 1 heterocycles. The van der Waals surface area contributed by atoms with E-state index in [9.17, 15) is 4.79 Å². The number of carbonyl (C=O) groups excluding carboxylic acids is 1. The Balaban J connectivity index is 2.12. The van der Waals surface area contributed by atoms with E-state index >= 15 is 0 Å². The molecule has 0 unspecified atom stereocenters. The Morgan fingerprint density at radius 3 is 2.26 bits per heavy atom. The van der Waals surface area contributed by atoms with E-state index in [1.165, 1.54) is 0 Å². The first kappa shape index (κ1) is 14.5. The molecule has 0 bridgehead atoms. The van der Waals surface area contributed by atoms with Crippen molar-refractivity contribution in [2.45, 2.75) is 19.8 Å². The van der Waals surface area contributed by atoms with Crippen molar-refractivity contribution in [1.82, 2.24) is 4.90 Å². The summed E-state index contributed by atoms with van der Waals surface area (Å²) in [6, 6.07) is 7.90. The van der Waals surface area contributed by atoms with E-state index < -0.39 is 0 Å². The van der Waals surface area contributed by atoms with Crippen molar-refractivity contribution >= 4 is 37.8 Å². The number of carbonyl (C=O) groups is 1. The summed E-state index contributed by atoms with van der Waals surface area (Å²) in [5.74, 6) is 0.0296. The van der Waals surface area contributed by atoms with Crippen molar-refractivity contribution in [1.29, 1.82) is 5.26 Å². The fourth-order valence-electron chi connectivity index (χ4n) is 2.18. The summed E-state index contributed by atoms with van der Waals surface area (Å²) in [5, 5.41) is 9.10. The van der Waals surface area contributed by atoms with Gasteiger partial charge in [-0.25, -0.2) is 0 Å². The van der Waals surface area contributed by atoms with E-state index in [1.54, 1.807) is 0 Å². The van der Waals surface area contributed by atoms with Crippen LogP contribution in [0.5, 0.6) is 0 Å². The maximum Gasteiger partial charge on any atom is 0.253 e. The van der Waals surface area contributed by atoms with Gasteiger partial charge in [0.05, 0.1) is 11.5 Å². The first-order valence-corrected chi connectivity index (χ1v) is 7.69. The van der Waals surface area contributed by atoms with Gasteiger partial charge in [-0.2, -0.15) is 5.26 Å². The lowest BCUT2D eigenvalue weighted by Crippen LogP contribution is -2.41. The quantitative estimate of drug-likeness (QED) is 0.733. The zero-order valence-corrected chi connectivity index (χ0v) is 13.8. The van der Waals surface area contributed by atoms with Crippen LogP contribution in [0.15, 0.2) is 27.1 Å². The molecule has 1 aromatic rings. The maximum atomic E-state index is 12.4. The molecule has 0 saturated carbocycles. The summed E-state index contributed by atoms with van der Waals surface area (Å²) >= 11 is 6.78. The summed E-state index contributed by atoms with van der Waals surface area (Å²) in [7, 11) is 0. The summed E-state index contributed by atoms with van der Waals surface area (Å²) in [6.07, 6.45) is 1.48. The van der Waals surface area contributed by atoms with Crippen molar-refractivity contribution in [3.63, 3.8) is 0 Å². The van der Waals surface area contributed by atoms with Gasteiger partial charge in [0.2, 0.25) is 0 Å². The number of amides is 1. The molecule has 19 heavy (non-hydrogen) atoms. The van der Waals surface area contributed by atoms with Gasteiger partial charge in [0, 0.05) is 27.6 Å². The van der Waals surface area contributed by atoms with E-state index in [1.807, 2.05) is 30.0 Å². The Hall–Kier alpha value is -0.860. The van der Waals surface area contributed by atoms with Gasteiger partial charge in [0.15, 0.2) is 0 Å². The highest BCUT2D eigenvalue weighted by molar-refractivity contribution is 9.11. The van der Waals surface area contributed by atoms with Crippen molar-refractivity contribution in [3.05, 3.63) is 32.7 Å². The van der Waals surface area contributed by atoms with Crippen molar-refractivity contribution in [2.24, 2.45) is 5.41 Å². The number of likely N-dealkylation sites (tertiary alicyclic amines) is 1. The third kappa shape index (κ3) is 3.37. The van der Waals surface area contributed by atoms with Crippen molar-refractivity contribution in [2.75, 3.05) is 13.1 Å². The molecule has 100 valence electrons. The van der Waals surface area contributed by atoms with Gasteiger partial charge in [0.1, 0.15) is 0 Å². The molecule has 0 radical (unpaired) electrons. The van der Waals surface area contributed by atoms with Crippen LogP contribution in [0.1, 0.15) is 30.1 Å². The van der Waals surface area contributed by atoms with Crippen LogP contribution in [0.3, 0.4) is 0 Å². The van der Waals surface area contributed by atoms with Crippen LogP contribution < -0.4 is 0 Å². The Morgan fingerprint density at radius 1 is 1.26 bits per heavy atom. The minimum Gasteiger partial charge on any atom is -0.339 e. The van der Waals surface area contributed by atoms with E-state index in [4.69, 9.17) is 5.26 Å². The van der Waals surface area contributed by atoms with Crippen LogP contribution in [-0.4, -0.2) is 23.9 Å². The van der Waals surface area contributed by atoms with Crippen molar-refractivity contribution in [3.8, 4) is 6.07 Å². The molecule has 3 nitrogen and oxygen atoms in total. The predicted molar refractivity (Wildman–Crippen MR) is 80.7 cm³/mol. The molecule has 0 atom stereocenters. The second-order valence-corrected chi connectivity index (χ2v) is 6.95. The molecule has 0 spiro atoms. The monoisotopic (exact) mass is 384 g/mol. The van der Waals surface area contributed by atoms with Crippen LogP contribution in [-0.2, 0) is 0 Å². The third-order valence-corrected chi connectivity index (χ3v) is 4.45. The topological polar surface area (TPSA) is 44.1 Å². The van der Waals surface area contributed by atoms with Gasteiger partial charge in [-0.05, 0) is 38.0 Å². The fourth-order valence-corrected chi connectivity index (χ4v) is 3.47. The standard InChI is InChI=1S/C14H14Br2N2O/c1-14(9-17)2-4-18(5-3-14)13(19)10-6-11(15)8-12(16)7-10/h6-8H,2-5H2,1H3. The molecular formula is C14H14Br2N2O. The maximum absolute atomic E-state index is 12.4. The minimum atomic E-state index is -0.283. The van der Waals surface area contributed by atoms with E-state index in [0.717, 1.165) is 21.8 Å². The van der Waals surface area contributed by atoms with Crippen LogP contribution in [0, 0.1) is 16.7 Å². The molecule has 1 aliphatic heterocycles. The van der Waals surface area contributed by atoms with Gasteiger partial charge >= 0.3 is 0 Å². The van der Waals surface area contributed by atoms with Crippen LogP contribution in [0.4, 0.5) is 0 Å². The first-order valence-electron chi connectivity index (χ1n) is 6.10. The average molecular weight is 386 g/mol. The molecule has 5 heteroatoms. The lowest BCUT2D eigenvalue weighted by Gasteiger charge is -2.35. The molecule has 1 aliphatic rings. The summed E-state index contributed by atoms with van der Waals surface area (Å²) in [6.45, 7) is 3.25. The number of hydrogen-bond acceptors (Lipinski definition) is 2. The summed E-state index contributed by atoms with van der Waals surface area (Å²) < 4.78 is 1.76. The first-order chi connectivity index (χ1) is 8.93. The fraction of sp³-hybridized carbons (Fsp3) is 0.429. The molecule has 1 aromatic carbocycles. The molecule has 1 amide bonds. The lowest BCUT2D eigenvalue weighted by atomic mass is 9.82. The SMILES string of the molecule is CC1(C#N)CCN(C(=O)c2cc(Br)cc(Br)c2)CC1. The zero-order valence-electron chi connectivity index (χ0n) is 10.6. The highest BCUT2D eigenvalue weighted by atomic mass is 79.9. The second-order valence-electron chi connectivity index (χ2n) is 5.12. The number of piperidine rings is 1. The Morgan fingerprint density at radius 2 is 1.79 bits per heavy atom. The molecule has 1 saturated heterocycles. The molecule has 0 N–H and O–H groups in total. The van der Waals surface area contributed by atoms with E-state index in [0.29, 0.717) is 18.7 Å². The van der Waals surface area contributed by atoms with Crippen LogP contribution in [0.25, 0.3) is 0 Å². The zero-order chi connectivity index (χ0) is 14.0. The average Bonchev–Trinajstić information content (AvgIpc) is 2.38. The number of hydrogen-bond donors (Lipinski definition) is 0. The largest absolute Gasteiger partial charge is 0.339 e. The lowest BCUT2D eigenvalue weighted by molar-refractivity contribution is 0.0661. The van der Waals surface area contributed by atoms with Crippen molar-refractivity contribution < 1.29 is 4.79 Å². The minimum absolute atomic E-state index is 0.0296. The van der Waals surface area contributed by atoms with E-state index in [2.05, 4.69) is 37.9 Å². The van der Waals surface area contributed by atoms with Gasteiger partial charge in [-0.1, -0.05) is 31.9 Å². The number of benzene rings is 1.